The lowest BCUT2D eigenvalue weighted by molar-refractivity contribution is -0.189. The average molecular weight is 335 g/mol. The first-order chi connectivity index (χ1) is 8.90. The Labute approximate surface area is 114 Å². The maximum Gasteiger partial charge on any atom is 0.432 e. The van der Waals surface area contributed by atoms with E-state index in [1.807, 2.05) is 0 Å². The van der Waals surface area contributed by atoms with Crippen LogP contribution in [0.3, 0.4) is 0 Å². The van der Waals surface area contributed by atoms with Gasteiger partial charge in [-0.3, -0.25) is 0 Å². The maximum absolute atomic E-state index is 13.7. The molecule has 0 aliphatic heterocycles. The van der Waals surface area contributed by atoms with Gasteiger partial charge in [-0.2, -0.15) is 8.78 Å². The van der Waals surface area contributed by atoms with Crippen LogP contribution in [-0.2, 0) is 6.11 Å². The molecule has 0 aliphatic rings. The first-order valence-corrected chi connectivity index (χ1v) is 5.96. The Morgan fingerprint density at radius 3 is 1.95 bits per heavy atom. The molecule has 2 rings (SSSR count). The minimum Gasteiger partial charge on any atom is -0.429 e. The highest BCUT2D eigenvalue weighted by molar-refractivity contribution is 9.10. The lowest BCUT2D eigenvalue weighted by atomic mass is 10.2. The fourth-order valence-corrected chi connectivity index (χ4v) is 1.74. The Balaban J connectivity index is 2.34. The second-order valence-electron chi connectivity index (χ2n) is 3.67. The van der Waals surface area contributed by atoms with Gasteiger partial charge in [0.15, 0.2) is 0 Å². The summed E-state index contributed by atoms with van der Waals surface area (Å²) in [6.07, 6.45) is -4.09. The molecule has 2 aromatic carbocycles. The Hall–Kier alpha value is -1.56. The highest BCUT2D eigenvalue weighted by atomic mass is 79.9. The van der Waals surface area contributed by atoms with Gasteiger partial charge in [-0.15, -0.1) is 0 Å². The normalized spacial score (nSPS) is 11.4. The summed E-state index contributed by atoms with van der Waals surface area (Å²) in [6.45, 7) is 0. The van der Waals surface area contributed by atoms with Gasteiger partial charge in [0.25, 0.3) is 0 Å². The van der Waals surface area contributed by atoms with Crippen molar-refractivity contribution in [2.24, 2.45) is 0 Å². The minimum absolute atomic E-state index is 0.198. The first-order valence-electron chi connectivity index (χ1n) is 5.17. The monoisotopic (exact) mass is 334 g/mol. The Morgan fingerprint density at radius 1 is 0.895 bits per heavy atom. The molecule has 19 heavy (non-hydrogen) atoms. The molecule has 0 aliphatic carbocycles. The minimum atomic E-state index is -4.09. The highest BCUT2D eigenvalue weighted by Gasteiger charge is 2.40. The highest BCUT2D eigenvalue weighted by Crippen LogP contribution is 2.35. The number of halogens is 5. The van der Waals surface area contributed by atoms with E-state index in [0.29, 0.717) is 4.47 Å². The summed E-state index contributed by atoms with van der Waals surface area (Å²) < 4.78 is 59.1. The van der Waals surface area contributed by atoms with E-state index in [2.05, 4.69) is 20.7 Å². The van der Waals surface area contributed by atoms with Crippen molar-refractivity contribution in [2.75, 3.05) is 0 Å². The molecular formula is C13H7BrF4O. The van der Waals surface area contributed by atoms with Crippen molar-refractivity contribution >= 4 is 15.9 Å². The zero-order valence-electron chi connectivity index (χ0n) is 9.34. The molecule has 0 bridgehead atoms. The van der Waals surface area contributed by atoms with E-state index in [9.17, 15) is 17.6 Å². The predicted molar refractivity (Wildman–Crippen MR) is 65.0 cm³/mol. The van der Waals surface area contributed by atoms with E-state index >= 15 is 0 Å². The summed E-state index contributed by atoms with van der Waals surface area (Å²) in [5, 5.41) is 0. The second-order valence-corrected chi connectivity index (χ2v) is 4.59. The van der Waals surface area contributed by atoms with Crippen molar-refractivity contribution in [2.45, 2.75) is 6.11 Å². The fourth-order valence-electron chi connectivity index (χ4n) is 1.48. The second kappa shape index (κ2) is 5.21. The molecule has 0 amide bonds. The van der Waals surface area contributed by atoms with E-state index in [0.717, 1.165) is 18.2 Å². The topological polar surface area (TPSA) is 9.23 Å². The SMILES string of the molecule is Fc1cccc(F)c1C(F)(F)Oc1ccc(Br)cc1. The molecule has 0 saturated heterocycles. The molecule has 6 heteroatoms. The number of hydrogen-bond donors (Lipinski definition) is 0. The molecule has 0 spiro atoms. The zero-order valence-corrected chi connectivity index (χ0v) is 10.9. The molecule has 0 fully saturated rings. The summed E-state index contributed by atoms with van der Waals surface area (Å²) in [6, 6.07) is 7.97. The van der Waals surface area contributed by atoms with E-state index in [1.54, 1.807) is 0 Å². The predicted octanol–water partition coefficient (Wildman–Crippen LogP) is 4.86. The van der Waals surface area contributed by atoms with Crippen molar-refractivity contribution in [3.8, 4) is 5.75 Å². The van der Waals surface area contributed by atoms with E-state index in [4.69, 9.17) is 0 Å². The number of benzene rings is 2. The molecule has 2 aromatic rings. The van der Waals surface area contributed by atoms with Gasteiger partial charge in [0.05, 0.1) is 0 Å². The number of hydrogen-bond acceptors (Lipinski definition) is 1. The van der Waals surface area contributed by atoms with Gasteiger partial charge >= 0.3 is 6.11 Å². The van der Waals surface area contributed by atoms with Gasteiger partial charge in [0, 0.05) is 4.47 Å². The Kier molecular flexibility index (Phi) is 3.80. The summed E-state index contributed by atoms with van der Waals surface area (Å²) >= 11 is 3.13. The zero-order chi connectivity index (χ0) is 14.0. The van der Waals surface area contributed by atoms with Gasteiger partial charge in [-0.1, -0.05) is 22.0 Å². The standard InChI is InChI=1S/C13H7BrF4O/c14-8-4-6-9(7-5-8)19-13(17,18)12-10(15)2-1-3-11(12)16/h1-7H. The number of alkyl halides is 2. The average Bonchev–Trinajstić information content (AvgIpc) is 2.31. The van der Waals surface area contributed by atoms with Crippen LogP contribution in [0.1, 0.15) is 5.56 Å². The van der Waals surface area contributed by atoms with Gasteiger partial charge in [-0.05, 0) is 36.4 Å². The third-order valence-electron chi connectivity index (χ3n) is 2.31. The molecule has 0 N–H and O–H groups in total. The third-order valence-corrected chi connectivity index (χ3v) is 2.84. The van der Waals surface area contributed by atoms with Gasteiger partial charge < -0.3 is 4.74 Å². The van der Waals surface area contributed by atoms with Crippen molar-refractivity contribution in [3.63, 3.8) is 0 Å². The van der Waals surface area contributed by atoms with Crippen LogP contribution in [0.2, 0.25) is 0 Å². The van der Waals surface area contributed by atoms with Crippen molar-refractivity contribution in [3.05, 3.63) is 64.1 Å². The van der Waals surface area contributed by atoms with E-state index in [-0.39, 0.29) is 5.75 Å². The smallest absolute Gasteiger partial charge is 0.429 e. The molecule has 0 unspecified atom stereocenters. The lowest BCUT2D eigenvalue weighted by Gasteiger charge is -2.19. The van der Waals surface area contributed by atoms with Crippen LogP contribution in [0.4, 0.5) is 17.6 Å². The van der Waals surface area contributed by atoms with Crippen LogP contribution in [0, 0.1) is 11.6 Å². The van der Waals surface area contributed by atoms with Crippen LogP contribution in [0.15, 0.2) is 46.9 Å². The van der Waals surface area contributed by atoms with Crippen LogP contribution in [0.25, 0.3) is 0 Å². The van der Waals surface area contributed by atoms with Crippen molar-refractivity contribution in [1.82, 2.24) is 0 Å². The summed E-state index contributed by atoms with van der Waals surface area (Å²) in [4.78, 5) is 0. The molecule has 1 nitrogen and oxygen atoms in total. The molecule has 0 atom stereocenters. The van der Waals surface area contributed by atoms with Crippen LogP contribution in [-0.4, -0.2) is 0 Å². The lowest BCUT2D eigenvalue weighted by Crippen LogP contribution is -2.25. The maximum atomic E-state index is 13.7. The quantitative estimate of drug-likeness (QED) is 0.728. The fraction of sp³-hybridized carbons (Fsp3) is 0.0769. The van der Waals surface area contributed by atoms with Crippen LogP contribution in [0.5, 0.6) is 5.75 Å². The molecule has 0 aromatic heterocycles. The van der Waals surface area contributed by atoms with Crippen LogP contribution < -0.4 is 4.74 Å². The van der Waals surface area contributed by atoms with E-state index < -0.39 is 23.3 Å². The summed E-state index contributed by atoms with van der Waals surface area (Å²) in [5.41, 5.74) is -1.40. The molecule has 0 radical (unpaired) electrons. The van der Waals surface area contributed by atoms with Crippen molar-refractivity contribution < 1.29 is 22.3 Å². The first kappa shape index (κ1) is 13.9. The molecule has 100 valence electrons. The Morgan fingerprint density at radius 2 is 1.42 bits per heavy atom. The number of ether oxygens (including phenoxy) is 1. The van der Waals surface area contributed by atoms with Gasteiger partial charge in [0.1, 0.15) is 22.9 Å². The third kappa shape index (κ3) is 3.07. The molecule has 0 saturated carbocycles. The largest absolute Gasteiger partial charge is 0.432 e. The Bertz CT molecular complexity index is 563. The molecule has 0 heterocycles. The van der Waals surface area contributed by atoms with Gasteiger partial charge in [-0.25, -0.2) is 8.78 Å². The molecular weight excluding hydrogens is 328 g/mol. The van der Waals surface area contributed by atoms with E-state index in [1.165, 1.54) is 24.3 Å². The number of rotatable bonds is 3. The van der Waals surface area contributed by atoms with Crippen LogP contribution >= 0.6 is 15.9 Å². The summed E-state index contributed by atoms with van der Waals surface area (Å²) in [5.74, 6) is -2.92. The van der Waals surface area contributed by atoms with Crippen molar-refractivity contribution in [1.29, 1.82) is 0 Å². The summed E-state index contributed by atoms with van der Waals surface area (Å²) in [7, 11) is 0. The van der Waals surface area contributed by atoms with Gasteiger partial charge in [0.2, 0.25) is 0 Å².